The van der Waals surface area contributed by atoms with E-state index in [-0.39, 0.29) is 35.6 Å². The first kappa shape index (κ1) is 19.9. The lowest BCUT2D eigenvalue weighted by Gasteiger charge is -2.33. The smallest absolute Gasteiger partial charge is 0.252 e. The number of carbonyl (C=O) groups is 1. The molecule has 2 saturated heterocycles. The van der Waals surface area contributed by atoms with Crippen LogP contribution >= 0.6 is 0 Å². The number of ether oxygens (including phenoxy) is 1. The van der Waals surface area contributed by atoms with E-state index in [1.165, 1.54) is 17.0 Å². The summed E-state index contributed by atoms with van der Waals surface area (Å²) < 4.78 is 62.5. The quantitative estimate of drug-likeness (QED) is 0.708. The molecule has 4 atom stereocenters. The monoisotopic (exact) mass is 407 g/mol. The molecule has 3 nitrogen and oxygen atoms in total. The number of amides is 1. The summed E-state index contributed by atoms with van der Waals surface area (Å²) in [4.78, 5) is 14.1. The molecule has 4 rings (SSSR count). The van der Waals surface area contributed by atoms with Crippen LogP contribution in [0.5, 0.6) is 0 Å². The summed E-state index contributed by atoms with van der Waals surface area (Å²) >= 11 is 0. The Hall–Kier alpha value is -2.41. The molecule has 0 aliphatic carbocycles. The van der Waals surface area contributed by atoms with Gasteiger partial charge in [-0.2, -0.15) is 0 Å². The summed E-state index contributed by atoms with van der Waals surface area (Å²) in [6, 6.07) is 6.76. The van der Waals surface area contributed by atoms with Crippen molar-refractivity contribution < 1.29 is 27.1 Å². The van der Waals surface area contributed by atoms with E-state index >= 15 is 4.39 Å². The van der Waals surface area contributed by atoms with Gasteiger partial charge in [0.25, 0.3) is 5.91 Å². The molecular formula is C22H21F4NO2. The van der Waals surface area contributed by atoms with E-state index in [4.69, 9.17) is 4.74 Å². The molecule has 2 aromatic rings. The van der Waals surface area contributed by atoms with E-state index in [2.05, 4.69) is 0 Å². The number of carbonyl (C=O) groups excluding carboxylic acids is 1. The van der Waals surface area contributed by atoms with Gasteiger partial charge in [-0.1, -0.05) is 25.1 Å². The predicted octanol–water partition coefficient (Wildman–Crippen LogP) is 4.29. The van der Waals surface area contributed by atoms with Crippen molar-refractivity contribution in [3.05, 3.63) is 59.4 Å². The molecule has 154 valence electrons. The van der Waals surface area contributed by atoms with Crippen LogP contribution in [0, 0.1) is 23.4 Å². The minimum atomic E-state index is -1.21. The van der Waals surface area contributed by atoms with Crippen molar-refractivity contribution in [2.75, 3.05) is 13.2 Å². The topological polar surface area (TPSA) is 29.5 Å². The molecule has 29 heavy (non-hydrogen) atoms. The van der Waals surface area contributed by atoms with E-state index in [9.17, 15) is 18.0 Å². The van der Waals surface area contributed by atoms with Crippen LogP contribution in [-0.2, 0) is 16.0 Å². The largest absolute Gasteiger partial charge is 0.368 e. The molecule has 1 amide bonds. The Balaban J connectivity index is 1.64. The zero-order valence-electron chi connectivity index (χ0n) is 15.9. The number of likely N-dealkylation sites (tertiary alicyclic amines) is 1. The Morgan fingerprint density at radius 1 is 1.17 bits per heavy atom. The number of alkyl halides is 1. The first-order valence-corrected chi connectivity index (χ1v) is 9.65. The maximum Gasteiger partial charge on any atom is 0.252 e. The van der Waals surface area contributed by atoms with Crippen LogP contribution in [0.1, 0.15) is 18.9 Å². The Kier molecular flexibility index (Phi) is 5.34. The van der Waals surface area contributed by atoms with Crippen molar-refractivity contribution in [2.24, 2.45) is 5.92 Å². The van der Waals surface area contributed by atoms with Crippen molar-refractivity contribution in [3.8, 4) is 11.1 Å². The normalized spacial score (nSPS) is 26.4. The summed E-state index contributed by atoms with van der Waals surface area (Å²) in [6.07, 6.45) is -1.10. The molecule has 2 aromatic carbocycles. The first-order chi connectivity index (χ1) is 13.9. The van der Waals surface area contributed by atoms with Crippen LogP contribution in [0.4, 0.5) is 17.6 Å². The molecule has 0 spiro atoms. The van der Waals surface area contributed by atoms with Crippen LogP contribution in [0.25, 0.3) is 11.1 Å². The fourth-order valence-corrected chi connectivity index (χ4v) is 4.05. The predicted molar refractivity (Wildman–Crippen MR) is 99.4 cm³/mol. The van der Waals surface area contributed by atoms with E-state index < -0.39 is 41.7 Å². The van der Waals surface area contributed by atoms with Crippen LogP contribution in [0.2, 0.25) is 0 Å². The Labute approximate surface area is 166 Å². The van der Waals surface area contributed by atoms with E-state index in [1.54, 1.807) is 13.0 Å². The van der Waals surface area contributed by atoms with Gasteiger partial charge in [0, 0.05) is 29.5 Å². The standard InChI is InChI=1S/C22H21F4NO2/c1-12-18(25)11-27(22(28)20-7-8-29-20)19(12)9-13-3-2-4-15(21(13)26)16-10-14(23)5-6-17(16)24/h2-6,10,12,18-20H,7-9,11H2,1H3/t12-,18-,19-,20?/m0/s1. The maximum absolute atomic E-state index is 15.2. The van der Waals surface area contributed by atoms with Crippen LogP contribution in [0.3, 0.4) is 0 Å². The van der Waals surface area contributed by atoms with E-state index in [1.807, 2.05) is 0 Å². The van der Waals surface area contributed by atoms with Crippen LogP contribution < -0.4 is 0 Å². The second-order valence-corrected chi connectivity index (χ2v) is 7.69. The number of benzene rings is 2. The highest BCUT2D eigenvalue weighted by Gasteiger charge is 2.45. The fraction of sp³-hybridized carbons (Fsp3) is 0.409. The van der Waals surface area contributed by atoms with Crippen molar-refractivity contribution in [2.45, 2.75) is 38.1 Å². The lowest BCUT2D eigenvalue weighted by molar-refractivity contribution is -0.157. The number of nitrogens with zero attached hydrogens (tertiary/aromatic N) is 1. The zero-order valence-corrected chi connectivity index (χ0v) is 15.9. The van der Waals surface area contributed by atoms with Crippen molar-refractivity contribution in [3.63, 3.8) is 0 Å². The highest BCUT2D eigenvalue weighted by atomic mass is 19.1. The summed E-state index contributed by atoms with van der Waals surface area (Å²) in [5.74, 6) is -2.86. The van der Waals surface area contributed by atoms with Crippen molar-refractivity contribution in [1.29, 1.82) is 0 Å². The van der Waals surface area contributed by atoms with E-state index in [0.717, 1.165) is 18.2 Å². The van der Waals surface area contributed by atoms with Gasteiger partial charge in [0.2, 0.25) is 0 Å². The summed E-state index contributed by atoms with van der Waals surface area (Å²) in [7, 11) is 0. The molecule has 2 fully saturated rings. The SMILES string of the molecule is C[C@H]1[C@@H](F)CN(C(=O)C2CCO2)[C@H]1Cc1cccc(-c2cc(F)ccc2F)c1F. The Morgan fingerprint density at radius 2 is 1.93 bits per heavy atom. The number of rotatable bonds is 4. The minimum Gasteiger partial charge on any atom is -0.368 e. The van der Waals surface area contributed by atoms with Gasteiger partial charge in [-0.15, -0.1) is 0 Å². The summed E-state index contributed by atoms with van der Waals surface area (Å²) in [5, 5.41) is 0. The third-order valence-electron chi connectivity index (χ3n) is 5.93. The fourth-order valence-electron chi connectivity index (χ4n) is 4.05. The van der Waals surface area contributed by atoms with Gasteiger partial charge in [0.05, 0.1) is 13.2 Å². The van der Waals surface area contributed by atoms with Gasteiger partial charge < -0.3 is 9.64 Å². The van der Waals surface area contributed by atoms with Gasteiger partial charge in [0.15, 0.2) is 0 Å². The molecule has 0 radical (unpaired) electrons. The summed E-state index contributed by atoms with van der Waals surface area (Å²) in [6.45, 7) is 2.14. The van der Waals surface area contributed by atoms with Gasteiger partial charge in [0.1, 0.15) is 29.7 Å². The molecule has 0 aromatic heterocycles. The molecular weight excluding hydrogens is 386 g/mol. The minimum absolute atomic E-state index is 0.0512. The third-order valence-corrected chi connectivity index (χ3v) is 5.93. The zero-order chi connectivity index (χ0) is 20.7. The second-order valence-electron chi connectivity index (χ2n) is 7.69. The average Bonchev–Trinajstić information content (AvgIpc) is 2.92. The molecule has 0 bridgehead atoms. The molecule has 0 N–H and O–H groups in total. The maximum atomic E-state index is 15.2. The van der Waals surface area contributed by atoms with Crippen molar-refractivity contribution in [1.82, 2.24) is 4.90 Å². The molecule has 7 heteroatoms. The second kappa shape index (κ2) is 7.78. The highest BCUT2D eigenvalue weighted by molar-refractivity contribution is 5.82. The lowest BCUT2D eigenvalue weighted by atomic mass is 9.92. The Bertz CT molecular complexity index is 931. The molecule has 2 aliphatic rings. The highest BCUT2D eigenvalue weighted by Crippen LogP contribution is 2.34. The van der Waals surface area contributed by atoms with E-state index in [0.29, 0.717) is 13.0 Å². The van der Waals surface area contributed by atoms with Crippen molar-refractivity contribution >= 4 is 5.91 Å². The van der Waals surface area contributed by atoms with Crippen LogP contribution in [0.15, 0.2) is 36.4 Å². The van der Waals surface area contributed by atoms with Gasteiger partial charge in [-0.05, 0) is 30.2 Å². The number of hydrogen-bond acceptors (Lipinski definition) is 2. The van der Waals surface area contributed by atoms with Crippen LogP contribution in [-0.4, -0.2) is 42.3 Å². The molecule has 1 unspecified atom stereocenters. The first-order valence-electron chi connectivity index (χ1n) is 9.65. The lowest BCUT2D eigenvalue weighted by Crippen LogP contribution is -2.49. The summed E-state index contributed by atoms with van der Waals surface area (Å²) in [5.41, 5.74) is -0.0189. The average molecular weight is 407 g/mol. The van der Waals surface area contributed by atoms with Gasteiger partial charge in [-0.25, -0.2) is 17.6 Å². The van der Waals surface area contributed by atoms with Gasteiger partial charge >= 0.3 is 0 Å². The Morgan fingerprint density at radius 3 is 2.62 bits per heavy atom. The molecule has 2 aliphatic heterocycles. The number of halogens is 4. The third kappa shape index (κ3) is 3.64. The molecule has 0 saturated carbocycles. The van der Waals surface area contributed by atoms with Gasteiger partial charge in [-0.3, -0.25) is 4.79 Å². The number of hydrogen-bond donors (Lipinski definition) is 0. The molecule has 2 heterocycles.